The average Bonchev–Trinajstić information content (AvgIpc) is 2.92. The van der Waals surface area contributed by atoms with Crippen molar-refractivity contribution in [3.05, 3.63) is 69.8 Å². The predicted octanol–water partition coefficient (Wildman–Crippen LogP) is 10.8. The summed E-state index contributed by atoms with van der Waals surface area (Å²) in [6, 6.07) is 8.85. The maximum Gasteiger partial charge on any atom is 0.338 e. The van der Waals surface area contributed by atoms with E-state index in [2.05, 4.69) is 121 Å². The average molecular weight is 563 g/mol. The minimum Gasteiger partial charge on any atom is -0.507 e. The highest BCUT2D eigenvalue weighted by atomic mass is 16.5. The minimum atomic E-state index is -0.424. The van der Waals surface area contributed by atoms with Gasteiger partial charge in [0.2, 0.25) is 0 Å². The van der Waals surface area contributed by atoms with E-state index in [1.807, 2.05) is 0 Å². The molecule has 2 aromatic carbocycles. The number of esters is 1. The highest BCUT2D eigenvalue weighted by molar-refractivity contribution is 5.89. The number of aromatic hydroxyl groups is 1. The second-order valence-electron chi connectivity index (χ2n) is 14.7. The molecule has 0 spiro atoms. The molecule has 0 aliphatic carbocycles. The summed E-state index contributed by atoms with van der Waals surface area (Å²) >= 11 is 0. The van der Waals surface area contributed by atoms with E-state index in [9.17, 15) is 9.90 Å². The Morgan fingerprint density at radius 2 is 1.12 bits per heavy atom. The summed E-state index contributed by atoms with van der Waals surface area (Å²) in [6.45, 7) is 34.3. The predicted molar refractivity (Wildman–Crippen MR) is 176 cm³/mol. The van der Waals surface area contributed by atoms with Gasteiger partial charge >= 0.3 is 5.97 Å². The number of hydrogen-bond acceptors (Lipinski definition) is 3. The van der Waals surface area contributed by atoms with Crippen molar-refractivity contribution in [1.29, 1.82) is 0 Å². The summed E-state index contributed by atoms with van der Waals surface area (Å²) < 4.78 is 6.23. The fourth-order valence-electron chi connectivity index (χ4n) is 5.01. The van der Waals surface area contributed by atoms with E-state index in [-0.39, 0.29) is 27.6 Å². The van der Waals surface area contributed by atoms with Gasteiger partial charge in [0.25, 0.3) is 0 Å². The SMILES string of the molecule is C=C(C)C(=O)Oc1c(C(C)c2cc(C(C)(C)CC)cc(C(C)(C)CC)c2O)cc(C(C)(C)CC)cc1C(C)(C)CC. The van der Waals surface area contributed by atoms with Crippen molar-refractivity contribution in [2.75, 3.05) is 0 Å². The molecule has 0 radical (unpaired) electrons. The number of phenols is 1. The molecule has 1 N–H and O–H groups in total. The number of ether oxygens (including phenoxy) is 1. The second-order valence-corrected chi connectivity index (χ2v) is 14.7. The largest absolute Gasteiger partial charge is 0.507 e. The number of rotatable bonds is 12. The van der Waals surface area contributed by atoms with E-state index in [0.717, 1.165) is 47.9 Å². The Hall–Kier alpha value is -2.55. The zero-order valence-electron chi connectivity index (χ0n) is 28.7. The van der Waals surface area contributed by atoms with Gasteiger partial charge in [0, 0.05) is 33.7 Å². The Labute approximate surface area is 251 Å². The van der Waals surface area contributed by atoms with Gasteiger partial charge in [0.15, 0.2) is 0 Å². The van der Waals surface area contributed by atoms with E-state index in [1.54, 1.807) is 6.92 Å². The van der Waals surface area contributed by atoms with E-state index in [1.165, 1.54) is 11.1 Å². The fourth-order valence-corrected chi connectivity index (χ4v) is 5.01. The monoisotopic (exact) mass is 562 g/mol. The first-order valence-electron chi connectivity index (χ1n) is 15.6. The summed E-state index contributed by atoms with van der Waals surface area (Å²) in [4.78, 5) is 13.1. The highest BCUT2D eigenvalue weighted by Crippen LogP contribution is 2.48. The van der Waals surface area contributed by atoms with Crippen molar-refractivity contribution in [2.45, 2.75) is 150 Å². The quantitative estimate of drug-likeness (QED) is 0.159. The lowest BCUT2D eigenvalue weighted by Gasteiger charge is -2.34. The third-order valence-corrected chi connectivity index (χ3v) is 10.3. The van der Waals surface area contributed by atoms with E-state index in [0.29, 0.717) is 17.1 Å². The molecule has 3 heteroatoms. The van der Waals surface area contributed by atoms with Crippen LogP contribution < -0.4 is 4.74 Å². The minimum absolute atomic E-state index is 0.0581. The lowest BCUT2D eigenvalue weighted by Crippen LogP contribution is -2.24. The van der Waals surface area contributed by atoms with Crippen LogP contribution in [0.3, 0.4) is 0 Å². The number of phenolic OH excluding ortho intramolecular Hbond substituents is 1. The van der Waals surface area contributed by atoms with Gasteiger partial charge in [-0.15, -0.1) is 0 Å². The van der Waals surface area contributed by atoms with Crippen LogP contribution in [0.5, 0.6) is 11.5 Å². The summed E-state index contributed by atoms with van der Waals surface area (Å²) in [5.74, 6) is 0.297. The third kappa shape index (κ3) is 7.09. The van der Waals surface area contributed by atoms with Crippen molar-refractivity contribution in [3.63, 3.8) is 0 Å². The summed E-state index contributed by atoms with van der Waals surface area (Å²) in [7, 11) is 0. The van der Waals surface area contributed by atoms with Gasteiger partial charge in [-0.25, -0.2) is 4.79 Å². The van der Waals surface area contributed by atoms with Crippen molar-refractivity contribution >= 4 is 5.97 Å². The van der Waals surface area contributed by atoms with Crippen LogP contribution in [0.15, 0.2) is 36.4 Å². The van der Waals surface area contributed by atoms with Crippen LogP contribution in [0.2, 0.25) is 0 Å². The summed E-state index contributed by atoms with van der Waals surface area (Å²) in [5, 5.41) is 11.9. The van der Waals surface area contributed by atoms with Gasteiger partial charge in [-0.05, 0) is 65.4 Å². The first-order chi connectivity index (χ1) is 18.7. The molecule has 0 aliphatic heterocycles. The van der Waals surface area contributed by atoms with Crippen molar-refractivity contribution in [3.8, 4) is 11.5 Å². The Morgan fingerprint density at radius 3 is 1.54 bits per heavy atom. The van der Waals surface area contributed by atoms with Crippen LogP contribution in [0.25, 0.3) is 0 Å². The molecular weight excluding hydrogens is 504 g/mol. The second kappa shape index (κ2) is 12.4. The first kappa shape index (κ1) is 34.7. The van der Waals surface area contributed by atoms with Crippen LogP contribution in [0, 0.1) is 0 Å². The molecule has 3 nitrogen and oxygen atoms in total. The molecule has 0 bridgehead atoms. The van der Waals surface area contributed by atoms with Crippen LogP contribution in [0.4, 0.5) is 0 Å². The fraction of sp³-hybridized carbons (Fsp3) is 0.605. The van der Waals surface area contributed by atoms with Crippen LogP contribution in [-0.4, -0.2) is 11.1 Å². The highest BCUT2D eigenvalue weighted by Gasteiger charge is 2.34. The number of hydrogen-bond donors (Lipinski definition) is 1. The maximum atomic E-state index is 13.1. The summed E-state index contributed by atoms with van der Waals surface area (Å²) in [6.07, 6.45) is 3.74. The van der Waals surface area contributed by atoms with Crippen molar-refractivity contribution in [1.82, 2.24) is 0 Å². The number of carbonyl (C=O) groups is 1. The zero-order chi connectivity index (χ0) is 31.7. The lowest BCUT2D eigenvalue weighted by atomic mass is 9.71. The topological polar surface area (TPSA) is 46.5 Å². The molecule has 2 rings (SSSR count). The van der Waals surface area contributed by atoms with Gasteiger partial charge in [-0.3, -0.25) is 0 Å². The maximum absolute atomic E-state index is 13.1. The molecule has 41 heavy (non-hydrogen) atoms. The zero-order valence-corrected chi connectivity index (χ0v) is 28.7. The molecule has 1 unspecified atom stereocenters. The molecule has 0 fully saturated rings. The van der Waals surface area contributed by atoms with Crippen LogP contribution in [-0.2, 0) is 26.5 Å². The van der Waals surface area contributed by atoms with Crippen molar-refractivity contribution < 1.29 is 14.6 Å². The van der Waals surface area contributed by atoms with E-state index < -0.39 is 5.97 Å². The molecule has 0 aromatic heterocycles. The first-order valence-corrected chi connectivity index (χ1v) is 15.6. The lowest BCUT2D eigenvalue weighted by molar-refractivity contribution is -0.130. The van der Waals surface area contributed by atoms with Crippen molar-refractivity contribution in [2.24, 2.45) is 0 Å². The van der Waals surface area contributed by atoms with E-state index in [4.69, 9.17) is 4.74 Å². The standard InChI is InChI=1S/C38H58O3/c1-16-35(8,9)26-20-28(32(39)30(22-26)37(12,13)18-3)25(7)29-21-27(36(10,11)17-2)23-31(38(14,15)19-4)33(29)41-34(40)24(5)6/h20-23,25,39H,5,16-19H2,1-4,6-15H3. The van der Waals surface area contributed by atoms with Crippen LogP contribution in [0.1, 0.15) is 162 Å². The molecule has 228 valence electrons. The van der Waals surface area contributed by atoms with Gasteiger partial charge in [0.05, 0.1) is 0 Å². The van der Waals surface area contributed by atoms with E-state index >= 15 is 0 Å². The molecule has 0 aliphatic rings. The van der Waals surface area contributed by atoms with Gasteiger partial charge in [-0.2, -0.15) is 0 Å². The number of benzene rings is 2. The number of carbonyl (C=O) groups excluding carboxylic acids is 1. The molecular formula is C38H58O3. The van der Waals surface area contributed by atoms with Gasteiger partial charge < -0.3 is 9.84 Å². The Bertz CT molecular complexity index is 1270. The normalized spacial score (nSPS) is 13.7. The Balaban J connectivity index is 3.12. The van der Waals surface area contributed by atoms with Gasteiger partial charge in [-0.1, -0.05) is 121 Å². The Morgan fingerprint density at radius 1 is 0.732 bits per heavy atom. The molecule has 0 saturated heterocycles. The third-order valence-electron chi connectivity index (χ3n) is 10.3. The smallest absolute Gasteiger partial charge is 0.338 e. The molecule has 0 saturated carbocycles. The molecule has 2 aromatic rings. The molecule has 1 atom stereocenters. The molecule has 0 amide bonds. The Kier molecular flexibility index (Phi) is 10.4. The molecule has 0 heterocycles. The summed E-state index contributed by atoms with van der Waals surface area (Å²) in [5.41, 5.74) is 6.03. The van der Waals surface area contributed by atoms with Gasteiger partial charge in [0.1, 0.15) is 11.5 Å². The van der Waals surface area contributed by atoms with Crippen LogP contribution >= 0.6 is 0 Å².